The molecule has 1 aromatic carbocycles. The van der Waals surface area contributed by atoms with Gasteiger partial charge in [0.2, 0.25) is 24.5 Å². The Morgan fingerprint density at radius 3 is 2.60 bits per heavy atom. The van der Waals surface area contributed by atoms with Crippen LogP contribution in [-0.2, 0) is 14.4 Å². The summed E-state index contributed by atoms with van der Waals surface area (Å²) < 4.78 is 10.7. The summed E-state index contributed by atoms with van der Waals surface area (Å²) >= 11 is 1.30. The van der Waals surface area contributed by atoms with Gasteiger partial charge in [-0.3, -0.25) is 14.4 Å². The Morgan fingerprint density at radius 2 is 1.90 bits per heavy atom. The maximum atomic E-state index is 12.9. The molecule has 30 heavy (non-hydrogen) atoms. The number of hydrogen-bond acceptors (Lipinski definition) is 7. The van der Waals surface area contributed by atoms with Gasteiger partial charge in [0.15, 0.2) is 16.6 Å². The van der Waals surface area contributed by atoms with Crippen molar-refractivity contribution >= 4 is 39.9 Å². The average molecular weight is 433 g/mol. The topological polar surface area (TPSA) is 110 Å². The van der Waals surface area contributed by atoms with Crippen molar-refractivity contribution in [2.75, 3.05) is 23.6 Å². The van der Waals surface area contributed by atoms with Crippen molar-refractivity contribution in [3.63, 3.8) is 0 Å². The fraction of sp³-hybridized carbons (Fsp3) is 0.400. The molecule has 2 aromatic rings. The number of benzene rings is 1. The number of thiazole rings is 1. The Labute approximate surface area is 178 Å². The number of aromatic nitrogens is 1. The highest BCUT2D eigenvalue weighted by atomic mass is 32.1. The molecule has 10 heteroatoms. The third kappa shape index (κ3) is 5.93. The SMILES string of the molecule is CC(C)(C)NC(=O)CN(C(=O)CCC(=O)Nc1nccs1)c1ccc2c(c1)OCO2. The molecule has 2 N–H and O–H groups in total. The van der Waals surface area contributed by atoms with Gasteiger partial charge in [-0.15, -0.1) is 11.3 Å². The number of ether oxygens (including phenoxy) is 2. The number of fused-ring (bicyclic) bond motifs is 1. The first-order valence-corrected chi connectivity index (χ1v) is 10.3. The highest BCUT2D eigenvalue weighted by Crippen LogP contribution is 2.35. The van der Waals surface area contributed by atoms with Crippen LogP contribution in [0.5, 0.6) is 11.5 Å². The van der Waals surface area contributed by atoms with E-state index in [1.165, 1.54) is 16.2 Å². The van der Waals surface area contributed by atoms with Gasteiger partial charge < -0.3 is 25.0 Å². The van der Waals surface area contributed by atoms with E-state index in [-0.39, 0.29) is 43.9 Å². The lowest BCUT2D eigenvalue weighted by Crippen LogP contribution is -2.47. The number of nitrogens with one attached hydrogen (secondary N) is 2. The number of amides is 3. The van der Waals surface area contributed by atoms with Gasteiger partial charge in [-0.05, 0) is 32.9 Å². The fourth-order valence-corrected chi connectivity index (χ4v) is 3.35. The zero-order valence-corrected chi connectivity index (χ0v) is 17.9. The molecule has 1 aliphatic rings. The molecule has 0 radical (unpaired) electrons. The van der Waals surface area contributed by atoms with E-state index >= 15 is 0 Å². The van der Waals surface area contributed by atoms with Gasteiger partial charge in [-0.1, -0.05) is 0 Å². The molecule has 0 aliphatic carbocycles. The summed E-state index contributed by atoms with van der Waals surface area (Å²) in [4.78, 5) is 42.9. The van der Waals surface area contributed by atoms with Crippen molar-refractivity contribution < 1.29 is 23.9 Å². The Bertz CT molecular complexity index is 924. The summed E-state index contributed by atoms with van der Waals surface area (Å²) in [6, 6.07) is 5.03. The van der Waals surface area contributed by atoms with Crippen LogP contribution in [0.25, 0.3) is 0 Å². The smallest absolute Gasteiger partial charge is 0.240 e. The van der Waals surface area contributed by atoms with Crippen molar-refractivity contribution in [3.05, 3.63) is 29.8 Å². The Morgan fingerprint density at radius 1 is 1.13 bits per heavy atom. The van der Waals surface area contributed by atoms with Gasteiger partial charge in [0, 0.05) is 41.7 Å². The lowest BCUT2D eigenvalue weighted by atomic mass is 10.1. The van der Waals surface area contributed by atoms with E-state index in [0.29, 0.717) is 22.3 Å². The van der Waals surface area contributed by atoms with Crippen LogP contribution in [0.2, 0.25) is 0 Å². The van der Waals surface area contributed by atoms with E-state index in [4.69, 9.17) is 9.47 Å². The molecule has 0 unspecified atom stereocenters. The number of anilines is 2. The lowest BCUT2D eigenvalue weighted by Gasteiger charge is -2.26. The molecule has 0 saturated heterocycles. The standard InChI is InChI=1S/C20H24N4O5S/c1-20(2,3)23-17(26)11-24(13-4-5-14-15(10-13)29-12-28-14)18(27)7-6-16(25)22-19-21-8-9-30-19/h4-5,8-10H,6-7,11-12H2,1-3H3,(H,23,26)(H,21,22,25). The second-order valence-corrected chi connectivity index (χ2v) is 8.60. The molecule has 160 valence electrons. The van der Waals surface area contributed by atoms with Crippen molar-refractivity contribution in [2.45, 2.75) is 39.2 Å². The number of carbonyl (C=O) groups is 3. The van der Waals surface area contributed by atoms with E-state index in [1.54, 1.807) is 29.8 Å². The van der Waals surface area contributed by atoms with Crippen LogP contribution in [0.15, 0.2) is 29.8 Å². The molecule has 0 saturated carbocycles. The van der Waals surface area contributed by atoms with E-state index in [9.17, 15) is 14.4 Å². The van der Waals surface area contributed by atoms with Gasteiger partial charge in [-0.2, -0.15) is 0 Å². The van der Waals surface area contributed by atoms with Crippen LogP contribution >= 0.6 is 11.3 Å². The highest BCUT2D eigenvalue weighted by molar-refractivity contribution is 7.13. The number of rotatable bonds is 7. The quantitative estimate of drug-likeness (QED) is 0.696. The predicted octanol–water partition coefficient (Wildman–Crippen LogP) is 2.54. The number of nitrogens with zero attached hydrogens (tertiary/aromatic N) is 2. The largest absolute Gasteiger partial charge is 0.454 e. The normalized spacial score (nSPS) is 12.4. The third-order valence-electron chi connectivity index (χ3n) is 4.03. The minimum atomic E-state index is -0.436. The summed E-state index contributed by atoms with van der Waals surface area (Å²) in [6.07, 6.45) is 1.50. The molecule has 2 heterocycles. The lowest BCUT2D eigenvalue weighted by molar-refractivity contribution is -0.125. The molecule has 9 nitrogen and oxygen atoms in total. The molecular formula is C20H24N4O5S. The fourth-order valence-electron chi connectivity index (χ4n) is 2.80. The van der Waals surface area contributed by atoms with Crippen molar-refractivity contribution in [1.82, 2.24) is 10.3 Å². The minimum absolute atomic E-state index is 0.0274. The van der Waals surface area contributed by atoms with Gasteiger partial charge in [0.25, 0.3) is 0 Å². The second kappa shape index (κ2) is 9.12. The number of carbonyl (C=O) groups excluding carboxylic acids is 3. The minimum Gasteiger partial charge on any atom is -0.454 e. The average Bonchev–Trinajstić information content (AvgIpc) is 3.33. The zero-order chi connectivity index (χ0) is 21.7. The summed E-state index contributed by atoms with van der Waals surface area (Å²) in [5, 5.41) is 7.71. The molecular weight excluding hydrogens is 408 g/mol. The van der Waals surface area contributed by atoms with Crippen LogP contribution in [0.3, 0.4) is 0 Å². The molecule has 0 bridgehead atoms. The molecule has 0 spiro atoms. The Balaban J connectivity index is 1.70. The third-order valence-corrected chi connectivity index (χ3v) is 4.72. The zero-order valence-electron chi connectivity index (χ0n) is 17.1. The monoisotopic (exact) mass is 432 g/mol. The highest BCUT2D eigenvalue weighted by Gasteiger charge is 2.24. The first kappa shape index (κ1) is 21.6. The maximum absolute atomic E-state index is 12.9. The van der Waals surface area contributed by atoms with Crippen LogP contribution in [0, 0.1) is 0 Å². The number of hydrogen-bond donors (Lipinski definition) is 2. The van der Waals surface area contributed by atoms with Gasteiger partial charge in [-0.25, -0.2) is 4.98 Å². The summed E-state index contributed by atoms with van der Waals surface area (Å²) in [5.41, 5.74) is 0.0579. The van der Waals surface area contributed by atoms with Gasteiger partial charge >= 0.3 is 0 Å². The van der Waals surface area contributed by atoms with E-state index in [1.807, 2.05) is 20.8 Å². The summed E-state index contributed by atoms with van der Waals surface area (Å²) in [7, 11) is 0. The molecule has 0 atom stereocenters. The molecule has 1 aliphatic heterocycles. The summed E-state index contributed by atoms with van der Waals surface area (Å²) in [6.45, 7) is 5.51. The summed E-state index contributed by atoms with van der Waals surface area (Å²) in [5.74, 6) is 0.104. The molecule has 1 aromatic heterocycles. The maximum Gasteiger partial charge on any atom is 0.240 e. The Hall–Kier alpha value is -3.14. The van der Waals surface area contributed by atoms with Crippen molar-refractivity contribution in [3.8, 4) is 11.5 Å². The van der Waals surface area contributed by atoms with Crippen LogP contribution in [0.1, 0.15) is 33.6 Å². The van der Waals surface area contributed by atoms with E-state index < -0.39 is 5.54 Å². The van der Waals surface area contributed by atoms with Gasteiger partial charge in [0.05, 0.1) is 0 Å². The molecule has 3 amide bonds. The van der Waals surface area contributed by atoms with Crippen LogP contribution in [0.4, 0.5) is 10.8 Å². The van der Waals surface area contributed by atoms with Crippen LogP contribution in [-0.4, -0.2) is 41.6 Å². The first-order valence-electron chi connectivity index (χ1n) is 9.42. The van der Waals surface area contributed by atoms with Gasteiger partial charge in [0.1, 0.15) is 6.54 Å². The molecule has 3 rings (SSSR count). The molecule has 0 fully saturated rings. The first-order chi connectivity index (χ1) is 14.2. The predicted molar refractivity (Wildman–Crippen MR) is 113 cm³/mol. The van der Waals surface area contributed by atoms with Crippen molar-refractivity contribution in [1.29, 1.82) is 0 Å². The van der Waals surface area contributed by atoms with Crippen molar-refractivity contribution in [2.24, 2.45) is 0 Å². The van der Waals surface area contributed by atoms with E-state index in [0.717, 1.165) is 0 Å². The second-order valence-electron chi connectivity index (χ2n) is 7.70. The van der Waals surface area contributed by atoms with E-state index in [2.05, 4.69) is 15.6 Å². The van der Waals surface area contributed by atoms with Crippen LogP contribution < -0.4 is 25.0 Å². The Kier molecular flexibility index (Phi) is 6.56.